The molecular weight excluding hydrogens is 290 g/mol. The first-order chi connectivity index (χ1) is 11.7. The fraction of sp³-hybridized carbons (Fsp3) is 0.913. The van der Waals surface area contributed by atoms with Crippen molar-refractivity contribution >= 4 is 0 Å². The van der Waals surface area contributed by atoms with Crippen LogP contribution in [0.2, 0.25) is 0 Å². The SMILES string of the molecule is C=CC(N)C(CC)(CC)CCCCCCCCCCCCCCC. The van der Waals surface area contributed by atoms with Gasteiger partial charge in [-0.1, -0.05) is 110 Å². The Labute approximate surface area is 153 Å². The first-order valence-corrected chi connectivity index (χ1v) is 11.0. The van der Waals surface area contributed by atoms with E-state index in [0.717, 1.165) is 0 Å². The van der Waals surface area contributed by atoms with Gasteiger partial charge in [0, 0.05) is 6.04 Å². The second-order valence-electron chi connectivity index (χ2n) is 7.82. The summed E-state index contributed by atoms with van der Waals surface area (Å²) in [5.41, 5.74) is 6.59. The largest absolute Gasteiger partial charge is 0.324 e. The van der Waals surface area contributed by atoms with Gasteiger partial charge in [-0.15, -0.1) is 6.58 Å². The second kappa shape index (κ2) is 16.2. The molecular formula is C23H47N. The van der Waals surface area contributed by atoms with Crippen molar-refractivity contribution in [2.45, 2.75) is 130 Å². The van der Waals surface area contributed by atoms with E-state index in [1.54, 1.807) is 0 Å². The highest BCUT2D eigenvalue weighted by molar-refractivity contribution is 4.97. The predicted octanol–water partition coefficient (Wildman–Crippen LogP) is 7.79. The number of nitrogens with two attached hydrogens (primary N) is 1. The average Bonchev–Trinajstić information content (AvgIpc) is 2.62. The molecule has 144 valence electrons. The van der Waals surface area contributed by atoms with Crippen molar-refractivity contribution in [3.8, 4) is 0 Å². The summed E-state index contributed by atoms with van der Waals surface area (Å²) in [5, 5.41) is 0. The van der Waals surface area contributed by atoms with E-state index in [1.807, 2.05) is 6.08 Å². The van der Waals surface area contributed by atoms with E-state index in [9.17, 15) is 0 Å². The Balaban J connectivity index is 3.51. The van der Waals surface area contributed by atoms with E-state index in [0.29, 0.717) is 5.41 Å². The van der Waals surface area contributed by atoms with Crippen LogP contribution in [-0.2, 0) is 0 Å². The van der Waals surface area contributed by atoms with Crippen LogP contribution in [0.25, 0.3) is 0 Å². The molecule has 0 bridgehead atoms. The molecule has 0 saturated heterocycles. The Kier molecular flexibility index (Phi) is 16.0. The number of hydrogen-bond donors (Lipinski definition) is 1. The lowest BCUT2D eigenvalue weighted by molar-refractivity contribution is 0.203. The van der Waals surface area contributed by atoms with Crippen molar-refractivity contribution in [1.82, 2.24) is 0 Å². The number of hydrogen-bond acceptors (Lipinski definition) is 1. The van der Waals surface area contributed by atoms with E-state index in [2.05, 4.69) is 27.4 Å². The summed E-state index contributed by atoms with van der Waals surface area (Å²) < 4.78 is 0. The normalized spacial score (nSPS) is 13.2. The standard InChI is InChI=1S/C23H47N/c1-5-9-10-11-12-13-14-15-16-17-18-19-20-21-23(7-3,8-4)22(24)6-2/h6,22H,2,5,7-21,24H2,1,3-4H3. The summed E-state index contributed by atoms with van der Waals surface area (Å²) in [6.07, 6.45) is 24.1. The molecule has 24 heavy (non-hydrogen) atoms. The summed E-state index contributed by atoms with van der Waals surface area (Å²) in [6, 6.07) is 0.157. The second-order valence-corrected chi connectivity index (χ2v) is 7.82. The Morgan fingerprint density at radius 3 is 1.42 bits per heavy atom. The lowest BCUT2D eigenvalue weighted by Gasteiger charge is -2.36. The van der Waals surface area contributed by atoms with E-state index in [-0.39, 0.29) is 6.04 Å². The van der Waals surface area contributed by atoms with Crippen LogP contribution in [0.15, 0.2) is 12.7 Å². The zero-order valence-corrected chi connectivity index (χ0v) is 17.3. The van der Waals surface area contributed by atoms with Crippen molar-refractivity contribution < 1.29 is 0 Å². The van der Waals surface area contributed by atoms with Gasteiger partial charge in [0.25, 0.3) is 0 Å². The molecule has 0 fully saturated rings. The van der Waals surface area contributed by atoms with Crippen LogP contribution in [0, 0.1) is 5.41 Å². The van der Waals surface area contributed by atoms with Gasteiger partial charge < -0.3 is 5.73 Å². The maximum absolute atomic E-state index is 6.30. The minimum absolute atomic E-state index is 0.157. The highest BCUT2D eigenvalue weighted by Crippen LogP contribution is 2.36. The summed E-state index contributed by atoms with van der Waals surface area (Å²) in [5.74, 6) is 0. The maximum atomic E-state index is 6.30. The molecule has 0 heterocycles. The van der Waals surface area contributed by atoms with E-state index in [4.69, 9.17) is 5.73 Å². The fourth-order valence-electron chi connectivity index (χ4n) is 3.99. The van der Waals surface area contributed by atoms with Crippen LogP contribution in [0.3, 0.4) is 0 Å². The summed E-state index contributed by atoms with van der Waals surface area (Å²) >= 11 is 0. The maximum Gasteiger partial charge on any atom is 0.0278 e. The third kappa shape index (κ3) is 10.5. The molecule has 0 rings (SSSR count). The van der Waals surface area contributed by atoms with Crippen molar-refractivity contribution in [2.75, 3.05) is 0 Å². The van der Waals surface area contributed by atoms with Crippen molar-refractivity contribution in [1.29, 1.82) is 0 Å². The Bertz CT molecular complexity index is 267. The first-order valence-electron chi connectivity index (χ1n) is 11.0. The molecule has 0 aromatic rings. The lowest BCUT2D eigenvalue weighted by Crippen LogP contribution is -2.39. The van der Waals surface area contributed by atoms with Gasteiger partial charge in [0.15, 0.2) is 0 Å². The van der Waals surface area contributed by atoms with Crippen LogP contribution < -0.4 is 5.73 Å². The molecule has 0 aliphatic rings. The van der Waals surface area contributed by atoms with Crippen LogP contribution in [0.4, 0.5) is 0 Å². The highest BCUT2D eigenvalue weighted by atomic mass is 14.7. The predicted molar refractivity (Wildman–Crippen MR) is 111 cm³/mol. The topological polar surface area (TPSA) is 26.0 Å². The summed E-state index contributed by atoms with van der Waals surface area (Å²) in [6.45, 7) is 10.8. The van der Waals surface area contributed by atoms with Gasteiger partial charge in [-0.2, -0.15) is 0 Å². The van der Waals surface area contributed by atoms with Gasteiger partial charge >= 0.3 is 0 Å². The molecule has 0 spiro atoms. The molecule has 0 radical (unpaired) electrons. The van der Waals surface area contributed by atoms with Crippen molar-refractivity contribution in [3.63, 3.8) is 0 Å². The molecule has 0 saturated carbocycles. The van der Waals surface area contributed by atoms with Crippen LogP contribution in [0.1, 0.15) is 124 Å². The van der Waals surface area contributed by atoms with Gasteiger partial charge in [0.1, 0.15) is 0 Å². The first kappa shape index (κ1) is 23.7. The monoisotopic (exact) mass is 337 g/mol. The zero-order valence-electron chi connectivity index (χ0n) is 17.3. The molecule has 1 nitrogen and oxygen atoms in total. The molecule has 0 amide bonds. The summed E-state index contributed by atoms with van der Waals surface area (Å²) in [7, 11) is 0. The minimum atomic E-state index is 0.157. The van der Waals surface area contributed by atoms with Crippen LogP contribution in [-0.4, -0.2) is 6.04 Å². The third-order valence-electron chi connectivity index (χ3n) is 6.15. The Morgan fingerprint density at radius 2 is 1.08 bits per heavy atom. The number of rotatable bonds is 18. The van der Waals surface area contributed by atoms with Gasteiger partial charge in [-0.3, -0.25) is 0 Å². The fourth-order valence-corrected chi connectivity index (χ4v) is 3.99. The quantitative estimate of drug-likeness (QED) is 0.200. The lowest BCUT2D eigenvalue weighted by atomic mass is 9.72. The molecule has 0 aliphatic heterocycles. The smallest absolute Gasteiger partial charge is 0.0278 e. The van der Waals surface area contributed by atoms with Gasteiger partial charge in [0.2, 0.25) is 0 Å². The molecule has 1 unspecified atom stereocenters. The van der Waals surface area contributed by atoms with E-state index in [1.165, 1.54) is 103 Å². The van der Waals surface area contributed by atoms with Crippen LogP contribution in [0.5, 0.6) is 0 Å². The molecule has 0 aromatic heterocycles. The molecule has 0 aliphatic carbocycles. The van der Waals surface area contributed by atoms with Gasteiger partial charge in [-0.05, 0) is 24.7 Å². The van der Waals surface area contributed by atoms with E-state index >= 15 is 0 Å². The zero-order chi connectivity index (χ0) is 18.1. The van der Waals surface area contributed by atoms with E-state index < -0.39 is 0 Å². The molecule has 1 atom stereocenters. The molecule has 0 aromatic carbocycles. The Morgan fingerprint density at radius 1 is 0.708 bits per heavy atom. The van der Waals surface area contributed by atoms with Gasteiger partial charge in [0.05, 0.1) is 0 Å². The van der Waals surface area contributed by atoms with Gasteiger partial charge in [-0.25, -0.2) is 0 Å². The molecule has 1 heteroatoms. The van der Waals surface area contributed by atoms with Crippen molar-refractivity contribution in [3.05, 3.63) is 12.7 Å². The average molecular weight is 338 g/mol. The number of unbranched alkanes of at least 4 members (excludes halogenated alkanes) is 12. The summed E-state index contributed by atoms with van der Waals surface area (Å²) in [4.78, 5) is 0. The van der Waals surface area contributed by atoms with Crippen LogP contribution >= 0.6 is 0 Å². The Hall–Kier alpha value is -0.300. The third-order valence-corrected chi connectivity index (χ3v) is 6.15. The highest BCUT2D eigenvalue weighted by Gasteiger charge is 2.30. The van der Waals surface area contributed by atoms with Crippen molar-refractivity contribution in [2.24, 2.45) is 11.1 Å². The minimum Gasteiger partial charge on any atom is -0.324 e. The molecule has 2 N–H and O–H groups in total.